The lowest BCUT2D eigenvalue weighted by Gasteiger charge is -2.40. The summed E-state index contributed by atoms with van der Waals surface area (Å²) >= 11 is 1.41. The van der Waals surface area contributed by atoms with Crippen molar-refractivity contribution in [2.75, 3.05) is 0 Å². The second-order valence-electron chi connectivity index (χ2n) is 7.28. The summed E-state index contributed by atoms with van der Waals surface area (Å²) in [6, 6.07) is 0. The molecule has 0 aliphatic rings. The summed E-state index contributed by atoms with van der Waals surface area (Å²) in [4.78, 5) is 0. The van der Waals surface area contributed by atoms with E-state index in [9.17, 15) is 39.5 Å². The molecule has 2 atom stereocenters. The third-order valence-electron chi connectivity index (χ3n) is 4.98. The molecule has 0 N–H and O–H groups in total. The smallest absolute Gasteiger partial charge is 0.227 e. The molecular weight excluding hydrogens is 514 g/mol. The molecule has 28 heavy (non-hydrogen) atoms. The minimum atomic E-state index is -6.64. The molecule has 0 aromatic heterocycles. The van der Waals surface area contributed by atoms with Crippen LogP contribution in [0.1, 0.15) is 84.5 Å². The molecule has 2 unspecified atom stereocenters. The second kappa shape index (κ2) is 10.9. The summed E-state index contributed by atoms with van der Waals surface area (Å²) in [5.41, 5.74) is -5.67. The molecule has 10 heteroatoms. The van der Waals surface area contributed by atoms with E-state index in [1.54, 1.807) is 0 Å². The molecule has 0 heterocycles. The van der Waals surface area contributed by atoms with E-state index < -0.39 is 33.8 Å². The van der Waals surface area contributed by atoms with E-state index in [1.165, 1.54) is 29.5 Å². The quantitative estimate of drug-likeness (QED) is 0.0944. The Hall–Kier alpha value is 0.1000. The average Bonchev–Trinajstić information content (AvgIpc) is 2.55. The molecule has 0 bridgehead atoms. The Morgan fingerprint density at radius 1 is 0.607 bits per heavy atom. The normalized spacial score (nSPS) is 18.0. The van der Waals surface area contributed by atoms with E-state index in [2.05, 4.69) is 6.92 Å². The number of hydrogen-bond donors (Lipinski definition) is 0. The standard InChI is InChI=1S/C18H28F9I/c1-3-5-6-7-8-9-10-11-12-14(28,4-2)13-15(19,17(22,23)24)16(20,21)18(25,26)27/h3-13H2,1-2H3. The monoisotopic (exact) mass is 542 g/mol. The van der Waals surface area contributed by atoms with Gasteiger partial charge in [0.2, 0.25) is 0 Å². The van der Waals surface area contributed by atoms with Crippen LogP contribution in [0.15, 0.2) is 0 Å². The first-order valence-electron chi connectivity index (χ1n) is 9.47. The molecule has 0 saturated heterocycles. The van der Waals surface area contributed by atoms with Gasteiger partial charge >= 0.3 is 18.3 Å². The lowest BCUT2D eigenvalue weighted by Crippen LogP contribution is -2.64. The van der Waals surface area contributed by atoms with Gasteiger partial charge in [-0.15, -0.1) is 0 Å². The van der Waals surface area contributed by atoms with Gasteiger partial charge in [0.15, 0.2) is 0 Å². The molecule has 0 fully saturated rings. The van der Waals surface area contributed by atoms with Gasteiger partial charge in [0, 0.05) is 9.84 Å². The average molecular weight is 542 g/mol. The zero-order chi connectivity index (χ0) is 22.3. The topological polar surface area (TPSA) is 0 Å². The molecule has 0 radical (unpaired) electrons. The van der Waals surface area contributed by atoms with E-state index in [4.69, 9.17) is 0 Å². The fraction of sp³-hybridized carbons (Fsp3) is 1.00. The van der Waals surface area contributed by atoms with Crippen LogP contribution in [-0.2, 0) is 0 Å². The van der Waals surface area contributed by atoms with Crippen molar-refractivity contribution in [2.24, 2.45) is 0 Å². The van der Waals surface area contributed by atoms with Gasteiger partial charge in [0.25, 0.3) is 5.67 Å². The molecule has 0 aromatic rings. The molecule has 0 rings (SSSR count). The fourth-order valence-electron chi connectivity index (χ4n) is 3.02. The SMILES string of the molecule is CCCCCCCCCCC(I)(CC)CC(F)(C(F)(F)F)C(F)(F)C(F)(F)F. The predicted octanol–water partition coefficient (Wildman–Crippen LogP) is 8.96. The van der Waals surface area contributed by atoms with E-state index in [0.717, 1.165) is 38.5 Å². The Bertz CT molecular complexity index is 447. The minimum absolute atomic E-state index is 0.0608. The summed E-state index contributed by atoms with van der Waals surface area (Å²) in [5, 5.41) is 0. The van der Waals surface area contributed by atoms with Gasteiger partial charge in [-0.2, -0.15) is 35.1 Å². The lowest BCUT2D eigenvalue weighted by molar-refractivity contribution is -0.385. The highest BCUT2D eigenvalue weighted by Crippen LogP contribution is 2.57. The van der Waals surface area contributed by atoms with Crippen LogP contribution in [0.25, 0.3) is 0 Å². The van der Waals surface area contributed by atoms with Crippen LogP contribution >= 0.6 is 22.6 Å². The largest absolute Gasteiger partial charge is 0.457 e. The number of unbranched alkanes of at least 4 members (excludes halogenated alkanes) is 7. The van der Waals surface area contributed by atoms with Crippen LogP contribution in [0.4, 0.5) is 39.5 Å². The van der Waals surface area contributed by atoms with E-state index >= 15 is 0 Å². The van der Waals surface area contributed by atoms with Gasteiger partial charge in [-0.05, 0) is 12.8 Å². The van der Waals surface area contributed by atoms with Gasteiger partial charge in [-0.1, -0.05) is 87.8 Å². The Labute approximate surface area is 174 Å². The minimum Gasteiger partial charge on any atom is -0.227 e. The van der Waals surface area contributed by atoms with Crippen molar-refractivity contribution in [3.05, 3.63) is 0 Å². The third-order valence-corrected chi connectivity index (χ3v) is 6.66. The van der Waals surface area contributed by atoms with Crippen molar-refractivity contribution in [1.29, 1.82) is 0 Å². The summed E-state index contributed by atoms with van der Waals surface area (Å²) in [6.07, 6.45) is -8.21. The van der Waals surface area contributed by atoms with E-state index in [-0.39, 0.29) is 12.8 Å². The van der Waals surface area contributed by atoms with Gasteiger partial charge in [-0.3, -0.25) is 0 Å². The maximum absolute atomic E-state index is 14.4. The predicted molar refractivity (Wildman–Crippen MR) is 99.8 cm³/mol. The van der Waals surface area contributed by atoms with Crippen molar-refractivity contribution < 1.29 is 39.5 Å². The first-order valence-corrected chi connectivity index (χ1v) is 10.5. The van der Waals surface area contributed by atoms with Crippen LogP contribution in [0.3, 0.4) is 0 Å². The highest BCUT2D eigenvalue weighted by atomic mass is 127. The van der Waals surface area contributed by atoms with Crippen LogP contribution in [-0.4, -0.2) is 27.4 Å². The van der Waals surface area contributed by atoms with Crippen molar-refractivity contribution >= 4 is 22.6 Å². The number of hydrogen-bond acceptors (Lipinski definition) is 0. The number of rotatable bonds is 13. The zero-order valence-electron chi connectivity index (χ0n) is 16.1. The van der Waals surface area contributed by atoms with Crippen LogP contribution in [0, 0.1) is 0 Å². The van der Waals surface area contributed by atoms with Crippen molar-refractivity contribution in [3.8, 4) is 0 Å². The molecule has 0 aliphatic carbocycles. The first kappa shape index (κ1) is 28.1. The zero-order valence-corrected chi connectivity index (χ0v) is 18.2. The molecule has 0 aromatic carbocycles. The van der Waals surface area contributed by atoms with Gasteiger partial charge in [0.1, 0.15) is 0 Å². The summed E-state index contributed by atoms with van der Waals surface area (Å²) in [5.74, 6) is -6.52. The summed E-state index contributed by atoms with van der Waals surface area (Å²) in [6.45, 7) is 3.43. The molecule has 170 valence electrons. The maximum atomic E-state index is 14.4. The maximum Gasteiger partial charge on any atom is 0.457 e. The molecule has 0 aliphatic heterocycles. The van der Waals surface area contributed by atoms with Crippen molar-refractivity contribution in [1.82, 2.24) is 0 Å². The van der Waals surface area contributed by atoms with E-state index in [0.29, 0.717) is 12.8 Å². The van der Waals surface area contributed by atoms with Gasteiger partial charge in [0.05, 0.1) is 0 Å². The molecule has 0 saturated carbocycles. The molecule has 0 nitrogen and oxygen atoms in total. The first-order chi connectivity index (χ1) is 12.6. The van der Waals surface area contributed by atoms with Crippen molar-refractivity contribution in [2.45, 2.75) is 112 Å². The Morgan fingerprint density at radius 3 is 1.39 bits per heavy atom. The summed E-state index contributed by atoms with van der Waals surface area (Å²) < 4.78 is 116. The Morgan fingerprint density at radius 2 is 1.04 bits per heavy atom. The number of alkyl halides is 10. The van der Waals surface area contributed by atoms with Crippen LogP contribution in [0.5, 0.6) is 0 Å². The molecule has 0 amide bonds. The lowest BCUT2D eigenvalue weighted by atomic mass is 9.82. The number of halogens is 10. The fourth-order valence-corrected chi connectivity index (χ4v) is 3.92. The van der Waals surface area contributed by atoms with Crippen LogP contribution < -0.4 is 0 Å². The van der Waals surface area contributed by atoms with Crippen molar-refractivity contribution in [3.63, 3.8) is 0 Å². The Kier molecular flexibility index (Phi) is 11.0. The highest BCUT2D eigenvalue weighted by molar-refractivity contribution is 14.1. The van der Waals surface area contributed by atoms with E-state index in [1.807, 2.05) is 0 Å². The van der Waals surface area contributed by atoms with Crippen LogP contribution in [0.2, 0.25) is 0 Å². The third kappa shape index (κ3) is 7.41. The van der Waals surface area contributed by atoms with Gasteiger partial charge in [-0.25, -0.2) is 4.39 Å². The summed E-state index contributed by atoms with van der Waals surface area (Å²) in [7, 11) is 0. The second-order valence-corrected chi connectivity index (χ2v) is 9.57. The molecule has 0 spiro atoms. The Balaban J connectivity index is 5.08. The highest BCUT2D eigenvalue weighted by Gasteiger charge is 2.81. The molecular formula is C18H28F9I. The van der Waals surface area contributed by atoms with Gasteiger partial charge < -0.3 is 0 Å².